The molecule has 0 spiro atoms. The van der Waals surface area contributed by atoms with E-state index in [1.54, 1.807) is 11.0 Å². The molecule has 0 aliphatic carbocycles. The van der Waals surface area contributed by atoms with Crippen LogP contribution in [-0.2, 0) is 9.59 Å². The highest BCUT2D eigenvalue weighted by Gasteiger charge is 2.47. The van der Waals surface area contributed by atoms with Gasteiger partial charge in [-0.2, -0.15) is 0 Å². The number of likely N-dealkylation sites (tertiary alicyclic amines) is 2. The number of aliphatic carboxylic acids is 1. The number of amides is 2. The first-order valence-electron chi connectivity index (χ1n) is 13.1. The number of fused-ring (bicyclic) bond motifs is 1. The Bertz CT molecular complexity index is 1330. The molecule has 3 aromatic rings. The van der Waals surface area contributed by atoms with Gasteiger partial charge in [0.1, 0.15) is 22.7 Å². The number of hydrogen-bond donors (Lipinski definition) is 4. The lowest BCUT2D eigenvalue weighted by molar-refractivity contribution is -0.154. The van der Waals surface area contributed by atoms with Gasteiger partial charge in [0.05, 0.1) is 5.39 Å². The molecule has 200 valence electrons. The van der Waals surface area contributed by atoms with Crippen molar-refractivity contribution in [1.29, 1.82) is 0 Å². The quantitative estimate of drug-likeness (QED) is 0.332. The van der Waals surface area contributed by atoms with Crippen molar-refractivity contribution < 1.29 is 19.5 Å². The summed E-state index contributed by atoms with van der Waals surface area (Å²) in [7, 11) is 0. The fourth-order valence-electron chi connectivity index (χ4n) is 5.46. The third kappa shape index (κ3) is 5.06. The number of anilines is 1. The summed E-state index contributed by atoms with van der Waals surface area (Å²) in [4.78, 5) is 53.4. The van der Waals surface area contributed by atoms with Gasteiger partial charge in [-0.25, -0.2) is 9.97 Å². The zero-order valence-electron chi connectivity index (χ0n) is 21.5. The van der Waals surface area contributed by atoms with E-state index in [-0.39, 0.29) is 11.8 Å². The van der Waals surface area contributed by atoms with E-state index >= 15 is 0 Å². The minimum atomic E-state index is -0.894. The first-order chi connectivity index (χ1) is 18.4. The van der Waals surface area contributed by atoms with Crippen LogP contribution >= 0.6 is 0 Å². The number of carbonyl (C=O) groups excluding carboxylic acids is 2. The summed E-state index contributed by atoms with van der Waals surface area (Å²) < 4.78 is 0. The lowest BCUT2D eigenvalue weighted by Crippen LogP contribution is -2.60. The highest BCUT2D eigenvalue weighted by atomic mass is 16.4. The van der Waals surface area contributed by atoms with Crippen molar-refractivity contribution in [1.82, 2.24) is 30.1 Å². The second-order valence-electron chi connectivity index (χ2n) is 9.94. The van der Waals surface area contributed by atoms with Crippen LogP contribution < -0.4 is 10.6 Å². The zero-order valence-corrected chi connectivity index (χ0v) is 21.5. The molecule has 2 amide bonds. The molecular weight excluding hydrogens is 486 g/mol. The number of piperidine rings is 1. The van der Waals surface area contributed by atoms with E-state index in [4.69, 9.17) is 4.98 Å². The molecule has 2 fully saturated rings. The Hall–Kier alpha value is -3.99. The van der Waals surface area contributed by atoms with Crippen LogP contribution in [0.4, 0.5) is 5.82 Å². The number of nitrogens with one attached hydrogen (secondary N) is 3. The van der Waals surface area contributed by atoms with E-state index < -0.39 is 11.5 Å². The second kappa shape index (κ2) is 10.8. The summed E-state index contributed by atoms with van der Waals surface area (Å²) in [5.41, 5.74) is 0.853. The summed E-state index contributed by atoms with van der Waals surface area (Å²) in [6.45, 7) is 4.68. The molecule has 0 atom stereocenters. The van der Waals surface area contributed by atoms with Gasteiger partial charge in [-0.05, 0) is 44.8 Å². The van der Waals surface area contributed by atoms with Crippen LogP contribution in [0.1, 0.15) is 43.1 Å². The number of carboxylic acids is 1. The first kappa shape index (κ1) is 25.7. The molecule has 0 unspecified atom stereocenters. The summed E-state index contributed by atoms with van der Waals surface area (Å²) >= 11 is 0. The molecule has 0 radical (unpaired) electrons. The molecule has 4 N–H and O–H groups in total. The maximum Gasteiger partial charge on any atom is 0.324 e. The van der Waals surface area contributed by atoms with Crippen molar-refractivity contribution in [2.75, 3.05) is 44.6 Å². The number of carbonyl (C=O) groups is 3. The molecule has 5 rings (SSSR count). The van der Waals surface area contributed by atoms with E-state index in [2.05, 4.69) is 25.5 Å². The Morgan fingerprint density at radius 1 is 1.03 bits per heavy atom. The Morgan fingerprint density at radius 3 is 2.39 bits per heavy atom. The number of aromatic amines is 1. The van der Waals surface area contributed by atoms with Gasteiger partial charge < -0.3 is 25.6 Å². The molecule has 0 bridgehead atoms. The van der Waals surface area contributed by atoms with Gasteiger partial charge in [0.15, 0.2) is 5.82 Å². The van der Waals surface area contributed by atoms with Crippen LogP contribution in [0.3, 0.4) is 0 Å². The maximum atomic E-state index is 13.5. The van der Waals surface area contributed by atoms with Crippen LogP contribution in [0, 0.1) is 0 Å². The van der Waals surface area contributed by atoms with Crippen LogP contribution in [0.15, 0.2) is 36.4 Å². The van der Waals surface area contributed by atoms with Gasteiger partial charge in [0, 0.05) is 38.7 Å². The number of carboxylic acid groups (broad SMARTS) is 1. The molecule has 2 aliphatic rings. The minimum Gasteiger partial charge on any atom is -0.480 e. The van der Waals surface area contributed by atoms with Crippen molar-refractivity contribution in [3.8, 4) is 11.4 Å². The Kier molecular flexibility index (Phi) is 7.28. The van der Waals surface area contributed by atoms with E-state index in [1.165, 1.54) is 6.92 Å². The molecule has 11 nitrogen and oxygen atoms in total. The summed E-state index contributed by atoms with van der Waals surface area (Å²) in [6.07, 6.45) is 2.84. The fraction of sp³-hybridized carbons (Fsp3) is 0.444. The van der Waals surface area contributed by atoms with Crippen LogP contribution in [-0.4, -0.2) is 92.4 Å². The highest BCUT2D eigenvalue weighted by Crippen LogP contribution is 2.33. The lowest BCUT2D eigenvalue weighted by Gasteiger charge is -2.44. The molecular formula is C27H33N7O4. The van der Waals surface area contributed by atoms with Crippen molar-refractivity contribution in [2.45, 2.75) is 38.1 Å². The molecule has 2 aliphatic heterocycles. The molecule has 1 aromatic carbocycles. The molecule has 0 saturated carbocycles. The van der Waals surface area contributed by atoms with Gasteiger partial charge in [-0.15, -0.1) is 0 Å². The number of H-pyrrole nitrogens is 1. The van der Waals surface area contributed by atoms with Gasteiger partial charge in [-0.1, -0.05) is 30.3 Å². The Morgan fingerprint density at radius 2 is 1.74 bits per heavy atom. The number of aromatic nitrogens is 3. The van der Waals surface area contributed by atoms with Crippen molar-refractivity contribution in [3.63, 3.8) is 0 Å². The van der Waals surface area contributed by atoms with Crippen LogP contribution in [0.5, 0.6) is 0 Å². The minimum absolute atomic E-state index is 0.114. The predicted molar refractivity (Wildman–Crippen MR) is 143 cm³/mol. The normalized spacial score (nSPS) is 17.4. The molecule has 11 heteroatoms. The lowest BCUT2D eigenvalue weighted by atomic mass is 9.85. The first-order valence-corrected chi connectivity index (χ1v) is 13.1. The van der Waals surface area contributed by atoms with Gasteiger partial charge in [-0.3, -0.25) is 19.3 Å². The highest BCUT2D eigenvalue weighted by molar-refractivity contribution is 6.00. The van der Waals surface area contributed by atoms with Crippen molar-refractivity contribution in [3.05, 3.63) is 42.1 Å². The van der Waals surface area contributed by atoms with Crippen molar-refractivity contribution >= 4 is 34.6 Å². The Balaban J connectivity index is 1.39. The smallest absolute Gasteiger partial charge is 0.324 e. The van der Waals surface area contributed by atoms with Crippen LogP contribution in [0.2, 0.25) is 0 Å². The Labute approximate surface area is 220 Å². The fourth-order valence-corrected chi connectivity index (χ4v) is 5.46. The van der Waals surface area contributed by atoms with Gasteiger partial charge in [0.25, 0.3) is 5.91 Å². The predicted octanol–water partition coefficient (Wildman–Crippen LogP) is 2.33. The van der Waals surface area contributed by atoms with E-state index in [0.717, 1.165) is 31.5 Å². The number of rotatable bonds is 8. The third-order valence-electron chi connectivity index (χ3n) is 7.53. The molecule has 38 heavy (non-hydrogen) atoms. The standard InChI is InChI=1S/C27H33N7O4/c1-18(35)28-11-12-29-23-20-17-21(30-24(20)32-22(31-23)19-7-3-2-4-8-19)25(36)33-15-9-27(10-16-33,26(37)38)34-13-5-6-14-34/h2-4,7-8,17H,5-6,9-16H2,1H3,(H,28,35)(H,37,38)(H2,29,30,31,32). The summed E-state index contributed by atoms with van der Waals surface area (Å²) in [5, 5.41) is 16.7. The van der Waals surface area contributed by atoms with Gasteiger partial charge in [0.2, 0.25) is 5.91 Å². The topological polar surface area (TPSA) is 144 Å². The molecule has 4 heterocycles. The average molecular weight is 520 g/mol. The molecule has 2 aromatic heterocycles. The van der Waals surface area contributed by atoms with Crippen LogP contribution in [0.25, 0.3) is 22.4 Å². The van der Waals surface area contributed by atoms with E-state index in [9.17, 15) is 19.5 Å². The summed E-state index contributed by atoms with van der Waals surface area (Å²) in [6, 6.07) is 11.3. The number of nitrogens with zero attached hydrogens (tertiary/aromatic N) is 4. The van der Waals surface area contributed by atoms with Gasteiger partial charge >= 0.3 is 5.97 Å². The second-order valence-corrected chi connectivity index (χ2v) is 9.94. The molecule has 2 saturated heterocycles. The zero-order chi connectivity index (χ0) is 26.7. The summed E-state index contributed by atoms with van der Waals surface area (Å²) in [5.74, 6) is -0.0233. The monoisotopic (exact) mass is 519 g/mol. The number of hydrogen-bond acceptors (Lipinski definition) is 7. The maximum absolute atomic E-state index is 13.5. The van der Waals surface area contributed by atoms with E-state index in [1.807, 2.05) is 30.3 Å². The van der Waals surface area contributed by atoms with Crippen molar-refractivity contribution in [2.24, 2.45) is 0 Å². The number of benzene rings is 1. The van der Waals surface area contributed by atoms with E-state index in [0.29, 0.717) is 67.4 Å². The SMILES string of the molecule is CC(=O)NCCNc1nc(-c2ccccc2)nc2[nH]c(C(=O)N3CCC(C(=O)O)(N4CCCC4)CC3)cc12. The third-order valence-corrected chi connectivity index (χ3v) is 7.53. The largest absolute Gasteiger partial charge is 0.480 e. The average Bonchev–Trinajstić information content (AvgIpc) is 3.62.